The molecule has 2 aromatic rings. The van der Waals surface area contributed by atoms with Gasteiger partial charge in [-0.05, 0) is 61.4 Å². The summed E-state index contributed by atoms with van der Waals surface area (Å²) < 4.78 is 6.21. The first-order chi connectivity index (χ1) is 13.3. The zero-order valence-electron chi connectivity index (χ0n) is 15.1. The van der Waals surface area contributed by atoms with Gasteiger partial charge in [-0.25, -0.2) is 9.69 Å². The monoisotopic (exact) mass is 462 g/mol. The van der Waals surface area contributed by atoms with E-state index in [-0.39, 0.29) is 5.57 Å². The fourth-order valence-corrected chi connectivity index (χ4v) is 3.46. The number of hydrogen-bond donors (Lipinski definition) is 1. The minimum atomic E-state index is -0.818. The van der Waals surface area contributed by atoms with Crippen LogP contribution in [0.5, 0.6) is 5.75 Å². The van der Waals surface area contributed by atoms with E-state index in [1.165, 1.54) is 6.08 Å². The SMILES string of the molecule is CCOc1cc(Br)cc(/C=C2\C(=O)NC(=O)N(c3cccc(Cl)c3C)C2=O)c1. The van der Waals surface area contributed by atoms with E-state index in [0.29, 0.717) is 34.2 Å². The van der Waals surface area contributed by atoms with Crippen molar-refractivity contribution in [2.24, 2.45) is 0 Å². The molecule has 28 heavy (non-hydrogen) atoms. The van der Waals surface area contributed by atoms with Crippen LogP contribution in [0.2, 0.25) is 5.02 Å². The lowest BCUT2D eigenvalue weighted by Gasteiger charge is -2.27. The van der Waals surface area contributed by atoms with Gasteiger partial charge in [-0.3, -0.25) is 14.9 Å². The van der Waals surface area contributed by atoms with Gasteiger partial charge in [0.05, 0.1) is 12.3 Å². The highest BCUT2D eigenvalue weighted by Gasteiger charge is 2.37. The molecule has 3 rings (SSSR count). The zero-order chi connectivity index (χ0) is 20.4. The molecule has 4 amide bonds. The van der Waals surface area contributed by atoms with Gasteiger partial charge in [0.1, 0.15) is 11.3 Å². The van der Waals surface area contributed by atoms with Crippen LogP contribution in [0.1, 0.15) is 18.1 Å². The van der Waals surface area contributed by atoms with Crippen molar-refractivity contribution in [3.8, 4) is 5.75 Å². The molecule has 1 aliphatic rings. The van der Waals surface area contributed by atoms with Crippen molar-refractivity contribution < 1.29 is 19.1 Å². The topological polar surface area (TPSA) is 75.7 Å². The minimum absolute atomic E-state index is 0.167. The second-order valence-electron chi connectivity index (χ2n) is 6.00. The van der Waals surface area contributed by atoms with Crippen LogP contribution in [0.3, 0.4) is 0 Å². The summed E-state index contributed by atoms with van der Waals surface area (Å²) in [6.45, 7) is 4.02. The highest BCUT2D eigenvalue weighted by Crippen LogP contribution is 2.30. The summed E-state index contributed by atoms with van der Waals surface area (Å²) in [5.41, 5.74) is 1.29. The summed E-state index contributed by atoms with van der Waals surface area (Å²) in [5.74, 6) is -0.896. The highest BCUT2D eigenvalue weighted by atomic mass is 79.9. The molecule has 1 heterocycles. The maximum Gasteiger partial charge on any atom is 0.335 e. The Bertz CT molecular complexity index is 1020. The van der Waals surface area contributed by atoms with E-state index >= 15 is 0 Å². The Morgan fingerprint density at radius 2 is 1.96 bits per heavy atom. The maximum atomic E-state index is 13.0. The molecule has 0 radical (unpaired) electrons. The predicted molar refractivity (Wildman–Crippen MR) is 111 cm³/mol. The Morgan fingerprint density at radius 1 is 1.21 bits per heavy atom. The molecule has 0 bridgehead atoms. The first-order valence-corrected chi connectivity index (χ1v) is 9.59. The fraction of sp³-hybridized carbons (Fsp3) is 0.150. The standard InChI is InChI=1S/C20H16BrClN2O4/c1-3-28-14-8-12(7-13(21)10-14)9-15-18(25)23-20(27)24(19(15)26)17-6-4-5-16(22)11(17)2/h4-10H,3H2,1-2H3,(H,23,25,27)/b15-9+. The van der Waals surface area contributed by atoms with Crippen molar-refractivity contribution in [1.29, 1.82) is 0 Å². The highest BCUT2D eigenvalue weighted by molar-refractivity contribution is 9.10. The van der Waals surface area contributed by atoms with Crippen LogP contribution in [0.4, 0.5) is 10.5 Å². The number of barbiturate groups is 1. The number of urea groups is 1. The number of benzene rings is 2. The average molecular weight is 464 g/mol. The fourth-order valence-electron chi connectivity index (χ4n) is 2.80. The molecule has 0 aliphatic carbocycles. The molecule has 6 nitrogen and oxygen atoms in total. The summed E-state index contributed by atoms with van der Waals surface area (Å²) in [7, 11) is 0. The van der Waals surface area contributed by atoms with E-state index in [0.717, 1.165) is 9.37 Å². The van der Waals surface area contributed by atoms with Gasteiger partial charge >= 0.3 is 6.03 Å². The minimum Gasteiger partial charge on any atom is -0.494 e. The summed E-state index contributed by atoms with van der Waals surface area (Å²) in [6, 6.07) is 9.28. The average Bonchev–Trinajstić information content (AvgIpc) is 2.62. The molecular formula is C20H16BrClN2O4. The summed E-state index contributed by atoms with van der Waals surface area (Å²) in [4.78, 5) is 38.6. The molecule has 8 heteroatoms. The van der Waals surface area contributed by atoms with Crippen LogP contribution in [0, 0.1) is 6.92 Å². The number of carbonyl (C=O) groups excluding carboxylic acids is 3. The molecular weight excluding hydrogens is 448 g/mol. The smallest absolute Gasteiger partial charge is 0.335 e. The Hall–Kier alpha value is -2.64. The van der Waals surface area contributed by atoms with Crippen molar-refractivity contribution >= 4 is 57.1 Å². The number of rotatable bonds is 4. The Labute approximate surface area is 175 Å². The lowest BCUT2D eigenvalue weighted by molar-refractivity contribution is -0.122. The third kappa shape index (κ3) is 3.95. The van der Waals surface area contributed by atoms with E-state index in [1.54, 1.807) is 43.3 Å². The first-order valence-electron chi connectivity index (χ1n) is 8.41. The second-order valence-corrected chi connectivity index (χ2v) is 7.32. The molecule has 0 atom stereocenters. The number of amides is 4. The van der Waals surface area contributed by atoms with Crippen LogP contribution in [0.25, 0.3) is 6.08 Å². The third-order valence-corrected chi connectivity index (χ3v) is 4.96. The number of anilines is 1. The quantitative estimate of drug-likeness (QED) is 0.536. The van der Waals surface area contributed by atoms with Gasteiger partial charge in [0.25, 0.3) is 11.8 Å². The molecule has 0 unspecified atom stereocenters. The number of imide groups is 2. The number of ether oxygens (including phenoxy) is 1. The number of hydrogen-bond acceptors (Lipinski definition) is 4. The normalized spacial score (nSPS) is 15.8. The van der Waals surface area contributed by atoms with E-state index in [2.05, 4.69) is 21.2 Å². The van der Waals surface area contributed by atoms with E-state index < -0.39 is 17.8 Å². The zero-order valence-corrected chi connectivity index (χ0v) is 17.4. The Kier molecular flexibility index (Phi) is 5.86. The van der Waals surface area contributed by atoms with Gasteiger partial charge < -0.3 is 4.74 Å². The summed E-state index contributed by atoms with van der Waals surface area (Å²) in [5, 5.41) is 2.61. The lowest BCUT2D eigenvalue weighted by atomic mass is 10.1. The summed E-state index contributed by atoms with van der Waals surface area (Å²) >= 11 is 9.50. The number of halogens is 2. The van der Waals surface area contributed by atoms with Crippen LogP contribution < -0.4 is 15.0 Å². The van der Waals surface area contributed by atoms with E-state index in [1.807, 2.05) is 6.92 Å². The third-order valence-electron chi connectivity index (χ3n) is 4.10. The van der Waals surface area contributed by atoms with E-state index in [4.69, 9.17) is 16.3 Å². The lowest BCUT2D eigenvalue weighted by Crippen LogP contribution is -2.54. The van der Waals surface area contributed by atoms with Gasteiger partial charge in [-0.1, -0.05) is 33.6 Å². The van der Waals surface area contributed by atoms with Crippen molar-refractivity contribution in [2.75, 3.05) is 11.5 Å². The van der Waals surface area contributed by atoms with Crippen LogP contribution >= 0.6 is 27.5 Å². The van der Waals surface area contributed by atoms with E-state index in [9.17, 15) is 14.4 Å². The number of carbonyl (C=O) groups is 3. The Balaban J connectivity index is 2.05. The van der Waals surface area contributed by atoms with Gasteiger partial charge in [0.15, 0.2) is 0 Å². The Morgan fingerprint density at radius 3 is 2.68 bits per heavy atom. The summed E-state index contributed by atoms with van der Waals surface area (Å²) in [6.07, 6.45) is 1.42. The molecule has 144 valence electrons. The molecule has 2 aromatic carbocycles. The molecule has 1 aliphatic heterocycles. The first kappa shape index (κ1) is 20.1. The molecule has 1 fully saturated rings. The van der Waals surface area contributed by atoms with Crippen molar-refractivity contribution in [3.05, 3.63) is 62.6 Å². The van der Waals surface area contributed by atoms with Gasteiger partial charge in [0.2, 0.25) is 0 Å². The van der Waals surface area contributed by atoms with Gasteiger partial charge in [-0.2, -0.15) is 0 Å². The van der Waals surface area contributed by atoms with Gasteiger partial charge in [0, 0.05) is 9.50 Å². The van der Waals surface area contributed by atoms with Crippen molar-refractivity contribution in [2.45, 2.75) is 13.8 Å². The van der Waals surface area contributed by atoms with Crippen LogP contribution in [0.15, 0.2) is 46.4 Å². The number of nitrogens with one attached hydrogen (secondary N) is 1. The second kappa shape index (κ2) is 8.16. The largest absolute Gasteiger partial charge is 0.494 e. The van der Waals surface area contributed by atoms with Crippen LogP contribution in [-0.2, 0) is 9.59 Å². The predicted octanol–water partition coefficient (Wildman–Crippen LogP) is 4.48. The van der Waals surface area contributed by atoms with Crippen LogP contribution in [-0.4, -0.2) is 24.5 Å². The number of nitrogens with zero attached hydrogens (tertiary/aromatic N) is 1. The van der Waals surface area contributed by atoms with Crippen molar-refractivity contribution in [1.82, 2.24) is 5.32 Å². The molecule has 0 saturated carbocycles. The molecule has 1 saturated heterocycles. The molecule has 1 N–H and O–H groups in total. The molecule has 0 spiro atoms. The van der Waals surface area contributed by atoms with Crippen molar-refractivity contribution in [3.63, 3.8) is 0 Å². The molecule has 0 aromatic heterocycles. The maximum absolute atomic E-state index is 13.0. The van der Waals surface area contributed by atoms with Gasteiger partial charge in [-0.15, -0.1) is 0 Å².